The molecule has 0 aromatic rings. The standard InChI is InChI=1S/C13H30N4O2S.HI/c1-8-14-12(16-11(4)10(2)3)15-9-13(5,6)17-20(7,18)19;/h10-11,17H,8-9H2,1-7H3,(H2,14,15,16);1H. The van der Waals surface area contributed by atoms with Crippen molar-refractivity contribution in [3.63, 3.8) is 0 Å². The van der Waals surface area contributed by atoms with E-state index in [0.717, 1.165) is 12.8 Å². The molecule has 0 aliphatic heterocycles. The molecule has 1 unspecified atom stereocenters. The fraction of sp³-hybridized carbons (Fsp3) is 0.923. The number of guanidine groups is 1. The van der Waals surface area contributed by atoms with Crippen molar-refractivity contribution in [2.75, 3.05) is 19.3 Å². The van der Waals surface area contributed by atoms with Gasteiger partial charge >= 0.3 is 0 Å². The summed E-state index contributed by atoms with van der Waals surface area (Å²) >= 11 is 0. The largest absolute Gasteiger partial charge is 0.357 e. The second-order valence-corrected chi connectivity index (χ2v) is 7.88. The summed E-state index contributed by atoms with van der Waals surface area (Å²) in [5.74, 6) is 1.19. The number of hydrogen-bond acceptors (Lipinski definition) is 3. The molecule has 0 fully saturated rings. The van der Waals surface area contributed by atoms with Crippen molar-refractivity contribution in [3.8, 4) is 0 Å². The smallest absolute Gasteiger partial charge is 0.209 e. The zero-order valence-electron chi connectivity index (χ0n) is 14.1. The summed E-state index contributed by atoms with van der Waals surface area (Å²) in [6.07, 6.45) is 1.16. The van der Waals surface area contributed by atoms with Crippen LogP contribution in [0.3, 0.4) is 0 Å². The highest BCUT2D eigenvalue weighted by molar-refractivity contribution is 14.0. The minimum absolute atomic E-state index is 0. The SMILES string of the molecule is CCNC(=NCC(C)(C)NS(C)(=O)=O)NC(C)C(C)C.I. The summed E-state index contributed by atoms with van der Waals surface area (Å²) in [5.41, 5.74) is -0.614. The van der Waals surface area contributed by atoms with Crippen LogP contribution in [0.5, 0.6) is 0 Å². The van der Waals surface area contributed by atoms with Crippen LogP contribution in [-0.2, 0) is 10.0 Å². The summed E-state index contributed by atoms with van der Waals surface area (Å²) in [7, 11) is -3.24. The molecular weight excluding hydrogens is 403 g/mol. The quantitative estimate of drug-likeness (QED) is 0.323. The van der Waals surface area contributed by atoms with Crippen molar-refractivity contribution in [1.29, 1.82) is 0 Å². The Morgan fingerprint density at radius 2 is 1.76 bits per heavy atom. The van der Waals surface area contributed by atoms with Crippen LogP contribution >= 0.6 is 24.0 Å². The third-order valence-electron chi connectivity index (χ3n) is 2.80. The van der Waals surface area contributed by atoms with Crippen LogP contribution < -0.4 is 15.4 Å². The Labute approximate surface area is 147 Å². The lowest BCUT2D eigenvalue weighted by molar-refractivity contribution is 0.457. The van der Waals surface area contributed by atoms with Crippen molar-refractivity contribution in [2.45, 2.75) is 53.1 Å². The molecule has 0 heterocycles. The van der Waals surface area contributed by atoms with Gasteiger partial charge in [0.25, 0.3) is 0 Å². The van der Waals surface area contributed by atoms with Crippen LogP contribution in [0.1, 0.15) is 41.5 Å². The lowest BCUT2D eigenvalue weighted by Gasteiger charge is -2.25. The molecule has 0 radical (unpaired) electrons. The van der Waals surface area contributed by atoms with Gasteiger partial charge in [0.15, 0.2) is 5.96 Å². The Bertz CT molecular complexity index is 422. The average Bonchev–Trinajstić information content (AvgIpc) is 2.22. The molecule has 3 N–H and O–H groups in total. The van der Waals surface area contributed by atoms with Crippen molar-refractivity contribution in [2.24, 2.45) is 10.9 Å². The number of aliphatic imine (C=N–C) groups is 1. The maximum atomic E-state index is 11.3. The van der Waals surface area contributed by atoms with E-state index in [1.165, 1.54) is 0 Å². The monoisotopic (exact) mass is 434 g/mol. The summed E-state index contributed by atoms with van der Waals surface area (Å²) in [6, 6.07) is 0.291. The molecule has 8 heteroatoms. The topological polar surface area (TPSA) is 82.6 Å². The molecule has 0 aromatic heterocycles. The van der Waals surface area contributed by atoms with E-state index >= 15 is 0 Å². The minimum Gasteiger partial charge on any atom is -0.357 e. The van der Waals surface area contributed by atoms with Gasteiger partial charge in [0, 0.05) is 18.1 Å². The van der Waals surface area contributed by atoms with Gasteiger partial charge in [-0.25, -0.2) is 13.1 Å². The number of sulfonamides is 1. The second kappa shape index (κ2) is 9.83. The van der Waals surface area contributed by atoms with Crippen LogP contribution in [-0.4, -0.2) is 45.3 Å². The van der Waals surface area contributed by atoms with Gasteiger partial charge in [-0.1, -0.05) is 13.8 Å². The Kier molecular flexibility index (Phi) is 10.9. The second-order valence-electron chi connectivity index (χ2n) is 6.13. The number of nitrogens with zero attached hydrogens (tertiary/aromatic N) is 1. The first kappa shape index (κ1) is 23.2. The lowest BCUT2D eigenvalue weighted by atomic mass is 10.1. The number of nitrogens with one attached hydrogen (secondary N) is 3. The molecule has 6 nitrogen and oxygen atoms in total. The summed E-state index contributed by atoms with van der Waals surface area (Å²) in [6.45, 7) is 13.1. The van der Waals surface area contributed by atoms with E-state index in [4.69, 9.17) is 0 Å². The van der Waals surface area contributed by atoms with E-state index in [2.05, 4.69) is 41.1 Å². The lowest BCUT2D eigenvalue weighted by Crippen LogP contribution is -2.48. The minimum atomic E-state index is -3.24. The normalized spacial score (nSPS) is 14.6. The van der Waals surface area contributed by atoms with Crippen LogP contribution in [0.15, 0.2) is 4.99 Å². The fourth-order valence-corrected chi connectivity index (χ4v) is 2.58. The van der Waals surface area contributed by atoms with Gasteiger partial charge < -0.3 is 10.6 Å². The van der Waals surface area contributed by atoms with E-state index in [1.54, 1.807) is 0 Å². The zero-order valence-corrected chi connectivity index (χ0v) is 17.3. The molecule has 21 heavy (non-hydrogen) atoms. The molecule has 0 spiro atoms. The van der Waals surface area contributed by atoms with E-state index < -0.39 is 15.6 Å². The van der Waals surface area contributed by atoms with E-state index in [9.17, 15) is 8.42 Å². The third-order valence-corrected chi connectivity index (χ3v) is 3.73. The first-order chi connectivity index (χ1) is 8.97. The Balaban J connectivity index is 0. The molecule has 0 rings (SSSR count). The van der Waals surface area contributed by atoms with Crippen molar-refractivity contribution < 1.29 is 8.42 Å². The maximum absolute atomic E-state index is 11.3. The van der Waals surface area contributed by atoms with Gasteiger partial charge in [-0.3, -0.25) is 4.99 Å². The first-order valence-corrected chi connectivity index (χ1v) is 8.90. The van der Waals surface area contributed by atoms with Gasteiger partial charge in [-0.2, -0.15) is 0 Å². The highest BCUT2D eigenvalue weighted by Crippen LogP contribution is 2.05. The molecule has 0 aliphatic rings. The van der Waals surface area contributed by atoms with Gasteiger partial charge in [0.05, 0.1) is 12.8 Å². The highest BCUT2D eigenvalue weighted by atomic mass is 127. The van der Waals surface area contributed by atoms with Crippen LogP contribution in [0.4, 0.5) is 0 Å². The van der Waals surface area contributed by atoms with Gasteiger partial charge in [0.1, 0.15) is 0 Å². The van der Waals surface area contributed by atoms with E-state index in [1.807, 2.05) is 20.8 Å². The summed E-state index contributed by atoms with van der Waals surface area (Å²) < 4.78 is 25.2. The summed E-state index contributed by atoms with van der Waals surface area (Å²) in [4.78, 5) is 4.46. The van der Waals surface area contributed by atoms with Crippen LogP contribution in [0.25, 0.3) is 0 Å². The molecule has 0 aliphatic carbocycles. The predicted octanol–water partition coefficient (Wildman–Crippen LogP) is 1.53. The van der Waals surface area contributed by atoms with Crippen molar-refractivity contribution in [1.82, 2.24) is 15.4 Å². The van der Waals surface area contributed by atoms with E-state index in [-0.39, 0.29) is 24.0 Å². The molecule has 0 saturated heterocycles. The average molecular weight is 434 g/mol. The molecule has 0 bridgehead atoms. The molecule has 0 aromatic carbocycles. The Hall–Kier alpha value is -0.0900. The Morgan fingerprint density at radius 3 is 2.14 bits per heavy atom. The van der Waals surface area contributed by atoms with Crippen molar-refractivity contribution >= 4 is 40.0 Å². The maximum Gasteiger partial charge on any atom is 0.209 e. The molecule has 0 amide bonds. The molecule has 1 atom stereocenters. The summed E-state index contributed by atoms with van der Waals surface area (Å²) in [5, 5.41) is 6.48. The van der Waals surface area contributed by atoms with E-state index in [0.29, 0.717) is 24.5 Å². The Morgan fingerprint density at radius 1 is 1.24 bits per heavy atom. The van der Waals surface area contributed by atoms with Crippen LogP contribution in [0, 0.1) is 5.92 Å². The molecular formula is C13H31IN4O2S. The van der Waals surface area contributed by atoms with Crippen molar-refractivity contribution in [3.05, 3.63) is 0 Å². The predicted molar refractivity (Wildman–Crippen MR) is 101 cm³/mol. The highest BCUT2D eigenvalue weighted by Gasteiger charge is 2.22. The first-order valence-electron chi connectivity index (χ1n) is 7.00. The van der Waals surface area contributed by atoms with Gasteiger partial charge in [-0.15, -0.1) is 24.0 Å². The third kappa shape index (κ3) is 12.2. The molecule has 128 valence electrons. The number of halogens is 1. The number of hydrogen-bond donors (Lipinski definition) is 3. The number of rotatable bonds is 7. The fourth-order valence-electron chi connectivity index (χ4n) is 1.51. The van der Waals surface area contributed by atoms with Gasteiger partial charge in [-0.05, 0) is 33.6 Å². The molecule has 0 saturated carbocycles. The van der Waals surface area contributed by atoms with Gasteiger partial charge in [0.2, 0.25) is 10.0 Å². The van der Waals surface area contributed by atoms with Crippen LogP contribution in [0.2, 0.25) is 0 Å². The zero-order chi connectivity index (χ0) is 16.0.